The van der Waals surface area contributed by atoms with Crippen molar-refractivity contribution in [2.75, 3.05) is 26.4 Å². The van der Waals surface area contributed by atoms with Crippen LogP contribution in [-0.2, 0) is 24.3 Å². The van der Waals surface area contributed by atoms with Crippen LogP contribution in [0.5, 0.6) is 0 Å². The van der Waals surface area contributed by atoms with E-state index in [0.717, 1.165) is 18.7 Å². The molecule has 0 unspecified atom stereocenters. The third-order valence-corrected chi connectivity index (χ3v) is 4.75. The maximum atomic E-state index is 12.5. The number of carbonyl (C=O) groups is 1. The van der Waals surface area contributed by atoms with Crippen molar-refractivity contribution in [3.63, 3.8) is 0 Å². The standard InChI is InChI=1S/C18H25N5O/c1-13-8-17(19)23(20-13)12-18(24)22(3)11-16-9-14-6-4-5-7-15(14)10-21(16)2/h4-8,16H,9-12,19H2,1-3H3/t16-/m1/s1. The number of benzene rings is 1. The lowest BCUT2D eigenvalue weighted by Gasteiger charge is -2.36. The van der Waals surface area contributed by atoms with Gasteiger partial charge >= 0.3 is 0 Å². The van der Waals surface area contributed by atoms with Crippen molar-refractivity contribution in [2.24, 2.45) is 0 Å². The van der Waals surface area contributed by atoms with Crippen LogP contribution in [0, 0.1) is 6.92 Å². The molecule has 0 spiro atoms. The topological polar surface area (TPSA) is 67.4 Å². The molecule has 6 heteroatoms. The summed E-state index contributed by atoms with van der Waals surface area (Å²) in [6.45, 7) is 3.68. The average Bonchev–Trinajstić information content (AvgIpc) is 2.85. The molecule has 0 radical (unpaired) electrons. The van der Waals surface area contributed by atoms with Crippen molar-refractivity contribution < 1.29 is 4.79 Å². The molecule has 1 aromatic heterocycles. The quantitative estimate of drug-likeness (QED) is 0.919. The van der Waals surface area contributed by atoms with Crippen molar-refractivity contribution in [2.45, 2.75) is 32.5 Å². The number of nitrogens with zero attached hydrogens (tertiary/aromatic N) is 4. The number of amides is 1. The van der Waals surface area contributed by atoms with Crippen LogP contribution in [0.25, 0.3) is 0 Å². The molecule has 2 aromatic rings. The van der Waals surface area contributed by atoms with Gasteiger partial charge in [-0.25, -0.2) is 4.68 Å². The fraction of sp³-hybridized carbons (Fsp3) is 0.444. The van der Waals surface area contributed by atoms with Crippen molar-refractivity contribution >= 4 is 11.7 Å². The van der Waals surface area contributed by atoms with Crippen LogP contribution in [-0.4, -0.2) is 52.2 Å². The van der Waals surface area contributed by atoms with Gasteiger partial charge in [0.2, 0.25) is 5.91 Å². The van der Waals surface area contributed by atoms with Gasteiger partial charge in [0.05, 0.1) is 5.69 Å². The zero-order chi connectivity index (χ0) is 17.3. The van der Waals surface area contributed by atoms with Gasteiger partial charge in [0, 0.05) is 32.2 Å². The van der Waals surface area contributed by atoms with Gasteiger partial charge < -0.3 is 10.6 Å². The summed E-state index contributed by atoms with van der Waals surface area (Å²) < 4.78 is 1.56. The van der Waals surface area contributed by atoms with E-state index < -0.39 is 0 Å². The summed E-state index contributed by atoms with van der Waals surface area (Å²) in [4.78, 5) is 16.6. The second-order valence-corrected chi connectivity index (χ2v) is 6.68. The third kappa shape index (κ3) is 3.43. The van der Waals surface area contributed by atoms with E-state index in [9.17, 15) is 4.79 Å². The Kier molecular flexibility index (Phi) is 4.57. The van der Waals surface area contributed by atoms with Crippen LogP contribution in [0.3, 0.4) is 0 Å². The second-order valence-electron chi connectivity index (χ2n) is 6.68. The number of hydrogen-bond acceptors (Lipinski definition) is 4. The summed E-state index contributed by atoms with van der Waals surface area (Å²) in [5.74, 6) is 0.551. The maximum Gasteiger partial charge on any atom is 0.244 e. The maximum absolute atomic E-state index is 12.5. The van der Waals surface area contributed by atoms with Gasteiger partial charge in [-0.3, -0.25) is 9.69 Å². The van der Waals surface area contributed by atoms with Crippen LogP contribution in [0.1, 0.15) is 16.8 Å². The molecule has 0 saturated carbocycles. The van der Waals surface area contributed by atoms with Gasteiger partial charge in [-0.05, 0) is 31.5 Å². The number of fused-ring (bicyclic) bond motifs is 1. The Balaban J connectivity index is 1.63. The molecule has 128 valence electrons. The first-order valence-electron chi connectivity index (χ1n) is 8.25. The monoisotopic (exact) mass is 327 g/mol. The second kappa shape index (κ2) is 6.65. The molecule has 0 saturated heterocycles. The molecule has 1 amide bonds. The van der Waals surface area contributed by atoms with Crippen molar-refractivity contribution in [3.8, 4) is 0 Å². The first kappa shape index (κ1) is 16.5. The molecule has 2 heterocycles. The van der Waals surface area contributed by atoms with Crippen LogP contribution in [0.4, 0.5) is 5.82 Å². The van der Waals surface area contributed by atoms with E-state index in [1.165, 1.54) is 11.1 Å². The Hall–Kier alpha value is -2.34. The van der Waals surface area contributed by atoms with E-state index in [2.05, 4.69) is 41.3 Å². The largest absolute Gasteiger partial charge is 0.384 e. The molecule has 24 heavy (non-hydrogen) atoms. The fourth-order valence-electron chi connectivity index (χ4n) is 3.28. The number of aromatic nitrogens is 2. The lowest BCUT2D eigenvalue weighted by Crippen LogP contribution is -2.46. The fourth-order valence-corrected chi connectivity index (χ4v) is 3.28. The first-order valence-corrected chi connectivity index (χ1v) is 8.25. The molecule has 2 N–H and O–H groups in total. The summed E-state index contributed by atoms with van der Waals surface area (Å²) in [5.41, 5.74) is 9.46. The molecular formula is C18H25N5O. The number of nitrogen functional groups attached to an aromatic ring is 1. The first-order chi connectivity index (χ1) is 11.4. The lowest BCUT2D eigenvalue weighted by molar-refractivity contribution is -0.131. The molecule has 1 aliphatic heterocycles. The van der Waals surface area contributed by atoms with Crippen LogP contribution in [0.15, 0.2) is 30.3 Å². The van der Waals surface area contributed by atoms with Gasteiger partial charge in [-0.15, -0.1) is 0 Å². The minimum absolute atomic E-state index is 0.0251. The summed E-state index contributed by atoms with van der Waals surface area (Å²) in [5, 5.41) is 4.26. The number of carbonyl (C=O) groups excluding carboxylic acids is 1. The molecule has 1 atom stereocenters. The summed E-state index contributed by atoms with van der Waals surface area (Å²) in [7, 11) is 3.97. The number of aryl methyl sites for hydroxylation is 1. The highest BCUT2D eigenvalue weighted by molar-refractivity contribution is 5.76. The Morgan fingerprint density at radius 3 is 2.75 bits per heavy atom. The molecule has 6 nitrogen and oxygen atoms in total. The smallest absolute Gasteiger partial charge is 0.244 e. The van der Waals surface area contributed by atoms with Crippen LogP contribution in [0.2, 0.25) is 0 Å². The number of nitrogens with two attached hydrogens (primary N) is 1. The zero-order valence-electron chi connectivity index (χ0n) is 14.6. The van der Waals surface area contributed by atoms with Gasteiger partial charge in [0.1, 0.15) is 12.4 Å². The van der Waals surface area contributed by atoms with Crippen molar-refractivity contribution in [1.82, 2.24) is 19.6 Å². The normalized spacial score (nSPS) is 17.5. The predicted octanol–water partition coefficient (Wildman–Crippen LogP) is 1.29. The van der Waals surface area contributed by atoms with E-state index in [1.54, 1.807) is 15.6 Å². The Morgan fingerprint density at radius 2 is 2.08 bits per heavy atom. The van der Waals surface area contributed by atoms with Gasteiger partial charge in [-0.2, -0.15) is 5.10 Å². The van der Waals surface area contributed by atoms with E-state index in [-0.39, 0.29) is 12.5 Å². The zero-order valence-corrected chi connectivity index (χ0v) is 14.6. The summed E-state index contributed by atoms with van der Waals surface area (Å²) in [6.07, 6.45) is 0.966. The van der Waals surface area contributed by atoms with Gasteiger partial charge in [0.15, 0.2) is 0 Å². The van der Waals surface area contributed by atoms with Gasteiger partial charge in [0.25, 0.3) is 0 Å². The summed E-state index contributed by atoms with van der Waals surface area (Å²) >= 11 is 0. The third-order valence-electron chi connectivity index (χ3n) is 4.75. The number of anilines is 1. The van der Waals surface area contributed by atoms with E-state index >= 15 is 0 Å². The van der Waals surface area contributed by atoms with Crippen LogP contribution < -0.4 is 5.73 Å². The van der Waals surface area contributed by atoms with Gasteiger partial charge in [-0.1, -0.05) is 24.3 Å². The van der Waals surface area contributed by atoms with E-state index in [1.807, 2.05) is 14.0 Å². The number of rotatable bonds is 4. The lowest BCUT2D eigenvalue weighted by atomic mass is 9.94. The highest BCUT2D eigenvalue weighted by Crippen LogP contribution is 2.22. The molecule has 1 aliphatic rings. The summed E-state index contributed by atoms with van der Waals surface area (Å²) in [6, 6.07) is 10.6. The minimum atomic E-state index is 0.0251. The molecule has 3 rings (SSSR count). The van der Waals surface area contributed by atoms with E-state index in [0.29, 0.717) is 18.4 Å². The Bertz CT molecular complexity index is 739. The highest BCUT2D eigenvalue weighted by atomic mass is 16.2. The minimum Gasteiger partial charge on any atom is -0.384 e. The SMILES string of the molecule is Cc1cc(N)n(CC(=O)N(C)C[C@H]2Cc3ccccc3CN2C)n1. The van der Waals surface area contributed by atoms with Crippen molar-refractivity contribution in [3.05, 3.63) is 47.2 Å². The van der Waals surface area contributed by atoms with Crippen molar-refractivity contribution in [1.29, 1.82) is 0 Å². The molecule has 0 aliphatic carbocycles. The molecule has 0 bridgehead atoms. The molecular weight excluding hydrogens is 302 g/mol. The Labute approximate surface area is 142 Å². The van der Waals surface area contributed by atoms with Crippen LogP contribution >= 0.6 is 0 Å². The molecule has 0 fully saturated rings. The average molecular weight is 327 g/mol. The Morgan fingerprint density at radius 1 is 1.38 bits per heavy atom. The van der Waals surface area contributed by atoms with E-state index in [4.69, 9.17) is 5.73 Å². The highest BCUT2D eigenvalue weighted by Gasteiger charge is 2.25. The predicted molar refractivity (Wildman–Crippen MR) is 94.4 cm³/mol. The molecule has 1 aromatic carbocycles. The number of likely N-dealkylation sites (N-methyl/N-ethyl adjacent to an activating group) is 2. The number of hydrogen-bond donors (Lipinski definition) is 1.